The molecule has 0 saturated carbocycles. The number of hydrogen-bond acceptors (Lipinski definition) is 2. The lowest BCUT2D eigenvalue weighted by Gasteiger charge is -2.35. The molecule has 128 valence electrons. The highest BCUT2D eigenvalue weighted by molar-refractivity contribution is 5.85. The van der Waals surface area contributed by atoms with Crippen molar-refractivity contribution < 1.29 is 17.6 Å². The Kier molecular flexibility index (Phi) is 8.69. The highest BCUT2D eigenvalue weighted by atomic mass is 35.5. The Morgan fingerprint density at radius 2 is 1.77 bits per heavy atom. The Hall–Kier alpha value is -0.560. The monoisotopic (exact) mass is 362 g/mol. The van der Waals surface area contributed by atoms with Crippen molar-refractivity contribution in [3.05, 3.63) is 35.1 Å². The first-order chi connectivity index (χ1) is 9.37. The highest BCUT2D eigenvalue weighted by Gasteiger charge is 2.36. The number of rotatable bonds is 3. The summed E-state index contributed by atoms with van der Waals surface area (Å²) in [5, 5.41) is 3.12. The zero-order chi connectivity index (χ0) is 14.8. The van der Waals surface area contributed by atoms with E-state index in [0.29, 0.717) is 37.3 Å². The molecule has 1 atom stereocenters. The molecular formula is C14H20Cl2F4N2. The van der Waals surface area contributed by atoms with Crippen LogP contribution in [0.1, 0.15) is 23.6 Å². The molecule has 0 bridgehead atoms. The van der Waals surface area contributed by atoms with E-state index < -0.39 is 18.6 Å². The number of nitrogens with zero attached hydrogens (tertiary/aromatic N) is 1. The number of aryl methyl sites for hydroxylation is 1. The van der Waals surface area contributed by atoms with Crippen molar-refractivity contribution in [2.24, 2.45) is 0 Å². The van der Waals surface area contributed by atoms with Gasteiger partial charge in [-0.25, -0.2) is 4.39 Å². The third-order valence-electron chi connectivity index (χ3n) is 3.58. The SMILES string of the molecule is Cc1cc([C@@H](CC(F)(F)F)N2CCNCC2)ccc1F.Cl.Cl. The lowest BCUT2D eigenvalue weighted by atomic mass is 9.99. The third kappa shape index (κ3) is 5.91. The summed E-state index contributed by atoms with van der Waals surface area (Å²) in [4.78, 5) is 1.82. The molecule has 1 heterocycles. The number of hydrogen-bond donors (Lipinski definition) is 1. The van der Waals surface area contributed by atoms with Crippen LogP contribution in [0.25, 0.3) is 0 Å². The Bertz CT molecular complexity index is 463. The minimum absolute atomic E-state index is 0. The van der Waals surface area contributed by atoms with Crippen LogP contribution in [0.4, 0.5) is 17.6 Å². The van der Waals surface area contributed by atoms with Crippen molar-refractivity contribution in [2.75, 3.05) is 26.2 Å². The van der Waals surface area contributed by atoms with Crippen LogP contribution < -0.4 is 5.32 Å². The van der Waals surface area contributed by atoms with Crippen LogP contribution in [0.3, 0.4) is 0 Å². The first kappa shape index (κ1) is 21.4. The molecule has 2 rings (SSSR count). The quantitative estimate of drug-likeness (QED) is 0.821. The van der Waals surface area contributed by atoms with E-state index in [1.54, 1.807) is 6.92 Å². The van der Waals surface area contributed by atoms with E-state index in [1.807, 2.05) is 4.90 Å². The molecule has 0 unspecified atom stereocenters. The number of piperazine rings is 1. The van der Waals surface area contributed by atoms with Gasteiger partial charge in [-0.2, -0.15) is 13.2 Å². The van der Waals surface area contributed by atoms with Crippen molar-refractivity contribution >= 4 is 24.8 Å². The molecule has 1 N–H and O–H groups in total. The van der Waals surface area contributed by atoms with Crippen LogP contribution in [0, 0.1) is 12.7 Å². The van der Waals surface area contributed by atoms with Crippen molar-refractivity contribution in [3.63, 3.8) is 0 Å². The minimum atomic E-state index is -4.24. The maximum Gasteiger partial charge on any atom is 0.390 e. The smallest absolute Gasteiger partial charge is 0.314 e. The van der Waals surface area contributed by atoms with Gasteiger partial charge in [-0.3, -0.25) is 4.90 Å². The summed E-state index contributed by atoms with van der Waals surface area (Å²) in [5.74, 6) is -0.389. The number of alkyl halides is 3. The van der Waals surface area contributed by atoms with E-state index in [0.717, 1.165) is 0 Å². The molecule has 0 spiro atoms. The number of halogens is 6. The molecule has 1 saturated heterocycles. The fourth-order valence-corrected chi connectivity index (χ4v) is 2.55. The average Bonchev–Trinajstić information content (AvgIpc) is 2.39. The Labute approximate surface area is 140 Å². The van der Waals surface area contributed by atoms with Crippen LogP contribution in [0.5, 0.6) is 0 Å². The van der Waals surface area contributed by atoms with Crippen molar-refractivity contribution in [1.82, 2.24) is 10.2 Å². The lowest BCUT2D eigenvalue weighted by molar-refractivity contribution is -0.148. The van der Waals surface area contributed by atoms with Crippen LogP contribution in [0.15, 0.2) is 18.2 Å². The van der Waals surface area contributed by atoms with Crippen LogP contribution in [-0.2, 0) is 0 Å². The molecule has 0 amide bonds. The second-order valence-electron chi connectivity index (χ2n) is 5.13. The van der Waals surface area contributed by atoms with Gasteiger partial charge < -0.3 is 5.32 Å². The third-order valence-corrected chi connectivity index (χ3v) is 3.58. The van der Waals surface area contributed by atoms with Crippen molar-refractivity contribution in [1.29, 1.82) is 0 Å². The molecular weight excluding hydrogens is 343 g/mol. The topological polar surface area (TPSA) is 15.3 Å². The van der Waals surface area contributed by atoms with E-state index in [9.17, 15) is 17.6 Å². The molecule has 1 aliphatic heterocycles. The molecule has 2 nitrogen and oxygen atoms in total. The highest BCUT2D eigenvalue weighted by Crippen LogP contribution is 2.34. The summed E-state index contributed by atoms with van der Waals surface area (Å²) in [6.07, 6.45) is -5.14. The Morgan fingerprint density at radius 3 is 2.27 bits per heavy atom. The van der Waals surface area contributed by atoms with Gasteiger partial charge in [-0.05, 0) is 24.1 Å². The summed E-state index contributed by atoms with van der Waals surface area (Å²) in [7, 11) is 0. The Balaban J connectivity index is 0.00000220. The molecule has 0 aromatic heterocycles. The van der Waals surface area contributed by atoms with Crippen LogP contribution in [-0.4, -0.2) is 37.3 Å². The Morgan fingerprint density at radius 1 is 1.18 bits per heavy atom. The van der Waals surface area contributed by atoms with Gasteiger partial charge in [0.1, 0.15) is 5.82 Å². The first-order valence-corrected chi connectivity index (χ1v) is 6.64. The zero-order valence-corrected chi connectivity index (χ0v) is 13.8. The van der Waals surface area contributed by atoms with Crippen LogP contribution >= 0.6 is 24.8 Å². The fraction of sp³-hybridized carbons (Fsp3) is 0.571. The normalized spacial score (nSPS) is 17.3. The second kappa shape index (κ2) is 8.91. The average molecular weight is 363 g/mol. The van der Waals surface area contributed by atoms with Gasteiger partial charge in [0.15, 0.2) is 0 Å². The molecule has 1 aromatic carbocycles. The van der Waals surface area contributed by atoms with Crippen molar-refractivity contribution in [3.8, 4) is 0 Å². The van der Waals surface area contributed by atoms with Gasteiger partial charge in [0.05, 0.1) is 6.42 Å². The maximum atomic E-state index is 13.3. The van der Waals surface area contributed by atoms with E-state index in [2.05, 4.69) is 5.32 Å². The molecule has 8 heteroatoms. The molecule has 0 aliphatic carbocycles. The molecule has 1 aliphatic rings. The van der Waals surface area contributed by atoms with Crippen LogP contribution in [0.2, 0.25) is 0 Å². The van der Waals surface area contributed by atoms with Gasteiger partial charge in [-0.15, -0.1) is 24.8 Å². The largest absolute Gasteiger partial charge is 0.390 e. The second-order valence-corrected chi connectivity index (χ2v) is 5.13. The summed E-state index contributed by atoms with van der Waals surface area (Å²) < 4.78 is 51.7. The van der Waals surface area contributed by atoms with Crippen molar-refractivity contribution in [2.45, 2.75) is 25.6 Å². The van der Waals surface area contributed by atoms with E-state index in [-0.39, 0.29) is 30.6 Å². The predicted molar refractivity (Wildman–Crippen MR) is 83.5 cm³/mol. The molecule has 22 heavy (non-hydrogen) atoms. The number of benzene rings is 1. The zero-order valence-electron chi connectivity index (χ0n) is 12.1. The summed E-state index contributed by atoms with van der Waals surface area (Å²) in [6, 6.07) is 3.49. The standard InChI is InChI=1S/C14H18F4N2.2ClH/c1-10-8-11(2-3-12(10)15)13(9-14(16,17)18)20-6-4-19-5-7-20;;/h2-3,8,13,19H,4-7,9H2,1H3;2*1H/t13-;;/m1../s1. The number of nitrogens with one attached hydrogen (secondary N) is 1. The van der Waals surface area contributed by atoms with Gasteiger partial charge in [0.2, 0.25) is 0 Å². The lowest BCUT2D eigenvalue weighted by Crippen LogP contribution is -2.46. The van der Waals surface area contributed by atoms with Gasteiger partial charge in [-0.1, -0.05) is 12.1 Å². The van der Waals surface area contributed by atoms with E-state index >= 15 is 0 Å². The molecule has 1 fully saturated rings. The summed E-state index contributed by atoms with van der Waals surface area (Å²) >= 11 is 0. The van der Waals surface area contributed by atoms with Gasteiger partial charge in [0.25, 0.3) is 0 Å². The summed E-state index contributed by atoms with van der Waals surface area (Å²) in [6.45, 7) is 4.05. The van der Waals surface area contributed by atoms with E-state index in [1.165, 1.54) is 18.2 Å². The minimum Gasteiger partial charge on any atom is -0.314 e. The van der Waals surface area contributed by atoms with E-state index in [4.69, 9.17) is 0 Å². The van der Waals surface area contributed by atoms with Gasteiger partial charge >= 0.3 is 6.18 Å². The fourth-order valence-electron chi connectivity index (χ4n) is 2.55. The predicted octanol–water partition coefficient (Wildman–Crippen LogP) is 3.88. The summed E-state index contributed by atoms with van der Waals surface area (Å²) in [5.41, 5.74) is 0.910. The first-order valence-electron chi connectivity index (χ1n) is 6.64. The molecule has 1 aromatic rings. The maximum absolute atomic E-state index is 13.3. The van der Waals surface area contributed by atoms with Gasteiger partial charge in [0, 0.05) is 32.2 Å². The molecule has 0 radical (unpaired) electrons.